The molecule has 6 nitrogen and oxygen atoms in total. The van der Waals surface area contributed by atoms with E-state index >= 15 is 0 Å². The average Bonchev–Trinajstić information content (AvgIpc) is 2.26. The molecule has 6 heteroatoms. The van der Waals surface area contributed by atoms with Gasteiger partial charge in [-0.1, -0.05) is 0 Å². The zero-order valence-corrected chi connectivity index (χ0v) is 8.48. The molecule has 1 rings (SSSR count). The van der Waals surface area contributed by atoms with Crippen LogP contribution in [0.1, 0.15) is 16.2 Å². The lowest BCUT2D eigenvalue weighted by molar-refractivity contribution is -0.139. The van der Waals surface area contributed by atoms with Gasteiger partial charge in [0.25, 0.3) is 5.91 Å². The first-order valence-electron chi connectivity index (χ1n) is 4.27. The Hall–Kier alpha value is -1.98. The summed E-state index contributed by atoms with van der Waals surface area (Å²) in [6.45, 7) is 1.59. The van der Waals surface area contributed by atoms with Gasteiger partial charge < -0.3 is 10.1 Å². The van der Waals surface area contributed by atoms with E-state index in [-0.39, 0.29) is 12.2 Å². The molecule has 0 spiro atoms. The van der Waals surface area contributed by atoms with E-state index in [2.05, 4.69) is 20.0 Å². The maximum atomic E-state index is 11.4. The Morgan fingerprint density at radius 3 is 2.67 bits per heavy atom. The van der Waals surface area contributed by atoms with E-state index < -0.39 is 11.9 Å². The summed E-state index contributed by atoms with van der Waals surface area (Å²) in [4.78, 5) is 29.8. The number of amides is 1. The van der Waals surface area contributed by atoms with Gasteiger partial charge in [-0.15, -0.1) is 0 Å². The lowest BCUT2D eigenvalue weighted by Gasteiger charge is -2.02. The Morgan fingerprint density at radius 1 is 1.40 bits per heavy atom. The number of methoxy groups -OCH3 is 1. The molecule has 0 bridgehead atoms. The molecule has 0 fully saturated rings. The second kappa shape index (κ2) is 5.04. The Kier molecular flexibility index (Phi) is 3.73. The normalized spacial score (nSPS) is 9.47. The van der Waals surface area contributed by atoms with Crippen LogP contribution in [0.25, 0.3) is 0 Å². The van der Waals surface area contributed by atoms with Crippen LogP contribution in [0.5, 0.6) is 0 Å². The maximum Gasteiger partial charge on any atom is 0.325 e. The molecule has 0 aliphatic carbocycles. The van der Waals surface area contributed by atoms with Gasteiger partial charge in [0, 0.05) is 6.20 Å². The molecule has 0 radical (unpaired) electrons. The fourth-order valence-corrected chi connectivity index (χ4v) is 0.825. The van der Waals surface area contributed by atoms with Gasteiger partial charge in [0.15, 0.2) is 0 Å². The molecule has 1 aromatic rings. The van der Waals surface area contributed by atoms with E-state index in [0.29, 0.717) is 0 Å². The summed E-state index contributed by atoms with van der Waals surface area (Å²) in [5.74, 6) is -0.962. The van der Waals surface area contributed by atoms with Crippen molar-refractivity contribution in [3.63, 3.8) is 0 Å². The van der Waals surface area contributed by atoms with E-state index in [4.69, 9.17) is 0 Å². The minimum absolute atomic E-state index is 0.171. The van der Waals surface area contributed by atoms with Gasteiger partial charge in [-0.25, -0.2) is 4.98 Å². The average molecular weight is 209 g/mol. The molecule has 0 atom stereocenters. The van der Waals surface area contributed by atoms with Gasteiger partial charge in [-0.3, -0.25) is 14.6 Å². The lowest BCUT2D eigenvalue weighted by Crippen LogP contribution is -2.30. The van der Waals surface area contributed by atoms with E-state index in [1.54, 1.807) is 6.92 Å². The number of aromatic nitrogens is 2. The van der Waals surface area contributed by atoms with Crippen LogP contribution in [0.2, 0.25) is 0 Å². The fraction of sp³-hybridized carbons (Fsp3) is 0.333. The molecule has 0 saturated heterocycles. The lowest BCUT2D eigenvalue weighted by atomic mass is 10.4. The van der Waals surface area contributed by atoms with Gasteiger partial charge in [-0.05, 0) is 6.92 Å². The van der Waals surface area contributed by atoms with Crippen LogP contribution in [0.15, 0.2) is 12.4 Å². The van der Waals surface area contributed by atoms with Crippen LogP contribution in [0, 0.1) is 6.92 Å². The minimum Gasteiger partial charge on any atom is -0.468 e. The van der Waals surface area contributed by atoms with Crippen molar-refractivity contribution in [1.82, 2.24) is 15.3 Å². The summed E-state index contributed by atoms with van der Waals surface area (Å²) in [5, 5.41) is 2.35. The molecule has 0 aromatic carbocycles. The number of rotatable bonds is 3. The highest BCUT2D eigenvalue weighted by molar-refractivity contribution is 5.93. The van der Waals surface area contributed by atoms with Crippen LogP contribution in [0.4, 0.5) is 0 Å². The highest BCUT2D eigenvalue weighted by Crippen LogP contribution is 1.93. The van der Waals surface area contributed by atoms with E-state index in [0.717, 1.165) is 5.69 Å². The van der Waals surface area contributed by atoms with Crippen molar-refractivity contribution in [3.8, 4) is 0 Å². The highest BCUT2D eigenvalue weighted by atomic mass is 16.5. The number of carbonyl (C=O) groups excluding carboxylic acids is 2. The summed E-state index contributed by atoms with van der Waals surface area (Å²) in [5.41, 5.74) is 0.893. The summed E-state index contributed by atoms with van der Waals surface area (Å²) >= 11 is 0. The molecule has 1 aromatic heterocycles. The Bertz CT molecular complexity index is 361. The fourth-order valence-electron chi connectivity index (χ4n) is 0.825. The predicted molar refractivity (Wildman–Crippen MR) is 51.1 cm³/mol. The van der Waals surface area contributed by atoms with Gasteiger partial charge in [0.2, 0.25) is 0 Å². The molecule has 0 saturated carbocycles. The first kappa shape index (κ1) is 11.1. The summed E-state index contributed by atoms with van der Waals surface area (Å²) in [6.07, 6.45) is 2.83. The third-order valence-electron chi connectivity index (χ3n) is 1.63. The molecular formula is C9H11N3O3. The van der Waals surface area contributed by atoms with Gasteiger partial charge >= 0.3 is 5.97 Å². The monoisotopic (exact) mass is 209 g/mol. The number of aryl methyl sites for hydroxylation is 1. The summed E-state index contributed by atoms with van der Waals surface area (Å²) < 4.78 is 4.37. The highest BCUT2D eigenvalue weighted by Gasteiger charge is 2.08. The molecule has 15 heavy (non-hydrogen) atoms. The number of hydrogen-bond donors (Lipinski definition) is 1. The minimum atomic E-state index is -0.511. The molecule has 80 valence electrons. The van der Waals surface area contributed by atoms with Crippen molar-refractivity contribution in [3.05, 3.63) is 23.8 Å². The molecule has 1 N–H and O–H groups in total. The molecule has 0 aliphatic heterocycles. The Balaban J connectivity index is 2.54. The Labute approximate surface area is 86.7 Å². The third kappa shape index (κ3) is 3.34. The molecule has 0 unspecified atom stereocenters. The van der Waals surface area contributed by atoms with Gasteiger partial charge in [-0.2, -0.15) is 0 Å². The molecule has 1 amide bonds. The summed E-state index contributed by atoms with van der Waals surface area (Å²) in [6, 6.07) is 0. The maximum absolute atomic E-state index is 11.4. The standard InChI is InChI=1S/C9H11N3O3/c1-6-3-11-7(4-10-6)9(14)12-5-8(13)15-2/h3-4H,5H2,1-2H3,(H,12,14). The smallest absolute Gasteiger partial charge is 0.325 e. The van der Waals surface area contributed by atoms with Crippen LogP contribution in [-0.2, 0) is 9.53 Å². The van der Waals surface area contributed by atoms with Gasteiger partial charge in [0.1, 0.15) is 12.2 Å². The van der Waals surface area contributed by atoms with E-state index in [1.165, 1.54) is 19.5 Å². The summed E-state index contributed by atoms with van der Waals surface area (Å²) in [7, 11) is 1.25. The molecule has 0 aliphatic rings. The second-order valence-electron chi connectivity index (χ2n) is 2.80. The zero-order chi connectivity index (χ0) is 11.3. The van der Waals surface area contributed by atoms with Crippen molar-refractivity contribution in [2.75, 3.05) is 13.7 Å². The SMILES string of the molecule is COC(=O)CNC(=O)c1cnc(C)cn1. The number of nitrogens with one attached hydrogen (secondary N) is 1. The molecular weight excluding hydrogens is 198 g/mol. The van der Waals surface area contributed by atoms with Crippen molar-refractivity contribution < 1.29 is 14.3 Å². The number of ether oxygens (including phenoxy) is 1. The third-order valence-corrected chi connectivity index (χ3v) is 1.63. The number of esters is 1. The van der Waals surface area contributed by atoms with Gasteiger partial charge in [0.05, 0.1) is 19.0 Å². The second-order valence-corrected chi connectivity index (χ2v) is 2.80. The predicted octanol–water partition coefficient (Wildman–Crippen LogP) is -0.312. The van der Waals surface area contributed by atoms with Crippen molar-refractivity contribution >= 4 is 11.9 Å². The quantitative estimate of drug-likeness (QED) is 0.690. The van der Waals surface area contributed by atoms with E-state index in [1.807, 2.05) is 0 Å². The van der Waals surface area contributed by atoms with Crippen molar-refractivity contribution in [2.45, 2.75) is 6.92 Å². The molecule has 1 heterocycles. The van der Waals surface area contributed by atoms with Crippen molar-refractivity contribution in [2.24, 2.45) is 0 Å². The first-order chi connectivity index (χ1) is 7.13. The number of hydrogen-bond acceptors (Lipinski definition) is 5. The first-order valence-corrected chi connectivity index (χ1v) is 4.27. The number of nitrogens with zero attached hydrogens (tertiary/aromatic N) is 2. The van der Waals surface area contributed by atoms with Crippen LogP contribution >= 0.6 is 0 Å². The largest absolute Gasteiger partial charge is 0.468 e. The van der Waals surface area contributed by atoms with Crippen LogP contribution in [0.3, 0.4) is 0 Å². The Morgan fingerprint density at radius 2 is 2.13 bits per heavy atom. The number of carbonyl (C=O) groups is 2. The van der Waals surface area contributed by atoms with Crippen molar-refractivity contribution in [1.29, 1.82) is 0 Å². The van der Waals surface area contributed by atoms with E-state index in [9.17, 15) is 9.59 Å². The zero-order valence-electron chi connectivity index (χ0n) is 8.48. The van der Waals surface area contributed by atoms with Crippen LogP contribution < -0.4 is 5.32 Å². The van der Waals surface area contributed by atoms with Crippen LogP contribution in [-0.4, -0.2) is 35.5 Å². The topological polar surface area (TPSA) is 81.2 Å².